The summed E-state index contributed by atoms with van der Waals surface area (Å²) in [5, 5.41) is 6.51. The average molecular weight is 768 g/mol. The first kappa shape index (κ1) is 39.5. The number of carbonyl (C=O) groups excluding carboxylic acids is 4. The molecule has 7 rings (SSSR count). The molecule has 4 aromatic carbocycles. The second-order valence-electron chi connectivity index (χ2n) is 16.5. The number of ether oxygens (including phenoxy) is 2. The zero-order valence-corrected chi connectivity index (χ0v) is 33.2. The van der Waals surface area contributed by atoms with Crippen LogP contribution >= 0.6 is 0 Å². The van der Waals surface area contributed by atoms with Crippen LogP contribution in [-0.4, -0.2) is 47.0 Å². The third kappa shape index (κ3) is 10.0. The van der Waals surface area contributed by atoms with E-state index in [1.807, 2.05) is 106 Å². The van der Waals surface area contributed by atoms with Crippen molar-refractivity contribution in [3.8, 4) is 0 Å². The van der Waals surface area contributed by atoms with E-state index in [9.17, 15) is 19.2 Å². The van der Waals surface area contributed by atoms with Crippen LogP contribution in [0.4, 0.5) is 4.79 Å². The van der Waals surface area contributed by atoms with Crippen LogP contribution in [0.15, 0.2) is 109 Å². The van der Waals surface area contributed by atoms with Gasteiger partial charge in [-0.15, -0.1) is 0 Å². The molecule has 2 unspecified atom stereocenters. The molecule has 0 bridgehead atoms. The molecule has 2 aliphatic carbocycles. The van der Waals surface area contributed by atoms with Gasteiger partial charge in [-0.1, -0.05) is 103 Å². The molecule has 9 nitrogen and oxygen atoms in total. The lowest BCUT2D eigenvalue weighted by atomic mass is 9.87. The van der Waals surface area contributed by atoms with Crippen molar-refractivity contribution in [2.24, 2.45) is 5.92 Å². The largest absolute Gasteiger partial charge is 0.460 e. The summed E-state index contributed by atoms with van der Waals surface area (Å²) in [5.74, 6) is -1.49. The molecule has 2 N–H and O–H groups in total. The number of fused-ring (bicyclic) bond motifs is 2. The predicted molar refractivity (Wildman–Crippen MR) is 220 cm³/mol. The van der Waals surface area contributed by atoms with Gasteiger partial charge in [-0.3, -0.25) is 19.3 Å². The van der Waals surface area contributed by atoms with Gasteiger partial charge in [0.05, 0.1) is 31.0 Å². The van der Waals surface area contributed by atoms with Gasteiger partial charge in [0.1, 0.15) is 18.2 Å². The van der Waals surface area contributed by atoms with Gasteiger partial charge in [-0.05, 0) is 116 Å². The second-order valence-corrected chi connectivity index (χ2v) is 16.5. The van der Waals surface area contributed by atoms with Gasteiger partial charge in [-0.2, -0.15) is 0 Å². The topological polar surface area (TPSA) is 114 Å². The number of rotatable bonds is 11. The first-order chi connectivity index (χ1) is 27.5. The van der Waals surface area contributed by atoms with E-state index in [0.29, 0.717) is 6.42 Å². The molecule has 0 saturated carbocycles. The van der Waals surface area contributed by atoms with E-state index in [-0.39, 0.29) is 43.5 Å². The van der Waals surface area contributed by atoms with E-state index in [0.717, 1.165) is 71.9 Å². The van der Waals surface area contributed by atoms with Crippen molar-refractivity contribution in [3.63, 3.8) is 0 Å². The molecule has 3 amide bonds. The van der Waals surface area contributed by atoms with E-state index < -0.39 is 29.6 Å². The third-order valence-electron chi connectivity index (χ3n) is 11.1. The molecular formula is C48H53N3O6. The number of benzene rings is 4. The Morgan fingerprint density at radius 3 is 1.96 bits per heavy atom. The number of carbonyl (C=O) groups is 4. The van der Waals surface area contributed by atoms with Crippen molar-refractivity contribution in [3.05, 3.63) is 148 Å². The van der Waals surface area contributed by atoms with Crippen LogP contribution in [0.3, 0.4) is 0 Å². The van der Waals surface area contributed by atoms with Crippen LogP contribution in [0.25, 0.3) is 5.57 Å². The Kier molecular flexibility index (Phi) is 12.2. The Hall–Kier alpha value is -5.70. The van der Waals surface area contributed by atoms with Crippen molar-refractivity contribution < 1.29 is 28.7 Å². The molecule has 0 saturated heterocycles. The lowest BCUT2D eigenvalue weighted by molar-refractivity contribution is -0.157. The minimum absolute atomic E-state index is 0.0489. The Bertz CT molecular complexity index is 2100. The molecule has 1 heterocycles. The molecule has 296 valence electrons. The van der Waals surface area contributed by atoms with Crippen molar-refractivity contribution >= 4 is 29.5 Å². The van der Waals surface area contributed by atoms with Crippen LogP contribution in [0.1, 0.15) is 104 Å². The van der Waals surface area contributed by atoms with E-state index >= 15 is 0 Å². The van der Waals surface area contributed by atoms with Crippen LogP contribution in [0, 0.1) is 5.92 Å². The number of nitrogens with zero attached hydrogens (tertiary/aromatic N) is 1. The highest BCUT2D eigenvalue weighted by atomic mass is 16.6. The van der Waals surface area contributed by atoms with Crippen LogP contribution in [0.2, 0.25) is 0 Å². The Labute approximate surface area is 335 Å². The summed E-state index contributed by atoms with van der Waals surface area (Å²) >= 11 is 0. The zero-order chi connectivity index (χ0) is 39.9. The fraction of sp³-hybridized carbons (Fsp3) is 0.375. The van der Waals surface area contributed by atoms with Crippen LogP contribution < -0.4 is 10.6 Å². The standard InChI is InChI=1S/C48H53N3O6/c1-48(2,3)57-44(52)29-37(45(53)49-41-21-11-17-35-15-7-9-19-39(35)41)27-32-23-25-34(26-24-32)38-28-43(51(30-38)47(55)56-31-33-13-5-4-6-14-33)46(54)50-42-22-12-18-36-16-8-10-20-40(36)42/h4-10,13-16,19-20,23-26,28,37,41-43H,11-12,17-18,21-22,27,29-31H2,1-3H3,(H,49,53)(H,50,54)/t37-,41?,42?,43+/m1/s1. The number of nitrogens with one attached hydrogen (secondary N) is 2. The quantitative estimate of drug-likeness (QED) is 0.148. The fourth-order valence-corrected chi connectivity index (χ4v) is 8.34. The third-order valence-corrected chi connectivity index (χ3v) is 11.1. The normalized spacial score (nSPS) is 19.3. The first-order valence-corrected chi connectivity index (χ1v) is 20.3. The number of hydrogen-bond acceptors (Lipinski definition) is 6. The molecule has 4 aromatic rings. The smallest absolute Gasteiger partial charge is 0.411 e. The van der Waals surface area contributed by atoms with Gasteiger partial charge in [0, 0.05) is 0 Å². The number of amides is 3. The predicted octanol–water partition coefficient (Wildman–Crippen LogP) is 8.37. The van der Waals surface area contributed by atoms with E-state index in [1.54, 1.807) is 0 Å². The van der Waals surface area contributed by atoms with Gasteiger partial charge in [0.2, 0.25) is 11.8 Å². The highest BCUT2D eigenvalue weighted by Gasteiger charge is 2.37. The summed E-state index contributed by atoms with van der Waals surface area (Å²) in [6, 6.07) is 32.6. The summed E-state index contributed by atoms with van der Waals surface area (Å²) in [6.45, 7) is 5.75. The summed E-state index contributed by atoms with van der Waals surface area (Å²) in [7, 11) is 0. The van der Waals surface area contributed by atoms with Gasteiger partial charge in [0.15, 0.2) is 0 Å². The summed E-state index contributed by atoms with van der Waals surface area (Å²) in [4.78, 5) is 56.2. The zero-order valence-electron chi connectivity index (χ0n) is 33.2. The van der Waals surface area contributed by atoms with E-state index in [4.69, 9.17) is 9.47 Å². The lowest BCUT2D eigenvalue weighted by Gasteiger charge is -2.29. The van der Waals surface area contributed by atoms with Crippen LogP contribution in [-0.2, 0) is 49.7 Å². The van der Waals surface area contributed by atoms with Gasteiger partial charge in [0.25, 0.3) is 0 Å². The maximum absolute atomic E-state index is 14.0. The summed E-state index contributed by atoms with van der Waals surface area (Å²) in [5.41, 5.74) is 7.48. The van der Waals surface area contributed by atoms with Crippen molar-refractivity contribution in [1.29, 1.82) is 0 Å². The second kappa shape index (κ2) is 17.6. The van der Waals surface area contributed by atoms with Crippen LogP contribution in [0.5, 0.6) is 0 Å². The molecule has 0 radical (unpaired) electrons. The molecular weight excluding hydrogens is 715 g/mol. The van der Waals surface area contributed by atoms with E-state index in [1.165, 1.54) is 16.0 Å². The Balaban J connectivity index is 1.08. The highest BCUT2D eigenvalue weighted by molar-refractivity contribution is 5.93. The highest BCUT2D eigenvalue weighted by Crippen LogP contribution is 2.33. The van der Waals surface area contributed by atoms with Crippen molar-refractivity contribution in [1.82, 2.24) is 15.5 Å². The Morgan fingerprint density at radius 1 is 0.737 bits per heavy atom. The Morgan fingerprint density at radius 2 is 1.33 bits per heavy atom. The molecule has 1 aliphatic heterocycles. The molecule has 0 aromatic heterocycles. The SMILES string of the molecule is CC(C)(C)OC(=O)C[C@@H](Cc1ccc(C2=C[C@@H](C(=O)NC3CCCc4ccccc43)N(C(=O)OCc3ccccc3)C2)cc1)C(=O)NC1CCCc2ccccc21. The summed E-state index contributed by atoms with van der Waals surface area (Å²) < 4.78 is 11.4. The molecule has 57 heavy (non-hydrogen) atoms. The lowest BCUT2D eigenvalue weighted by Crippen LogP contribution is -2.47. The molecule has 4 atom stereocenters. The van der Waals surface area contributed by atoms with E-state index in [2.05, 4.69) is 34.9 Å². The van der Waals surface area contributed by atoms with Gasteiger partial charge in [-0.25, -0.2) is 4.79 Å². The molecule has 0 spiro atoms. The number of aryl methyl sites for hydroxylation is 2. The maximum Gasteiger partial charge on any atom is 0.411 e. The maximum atomic E-state index is 14.0. The summed E-state index contributed by atoms with van der Waals surface area (Å²) in [6.07, 6.45) is 7.16. The van der Waals surface area contributed by atoms with Crippen molar-refractivity contribution in [2.75, 3.05) is 6.54 Å². The number of hydrogen-bond donors (Lipinski definition) is 2. The molecule has 9 heteroatoms. The fourth-order valence-electron chi connectivity index (χ4n) is 8.34. The minimum atomic E-state index is -0.858. The first-order valence-electron chi connectivity index (χ1n) is 20.3. The van der Waals surface area contributed by atoms with Crippen molar-refractivity contribution in [2.45, 2.75) is 102 Å². The molecule has 3 aliphatic rings. The molecule has 0 fully saturated rings. The van der Waals surface area contributed by atoms with Gasteiger partial charge < -0.3 is 20.1 Å². The monoisotopic (exact) mass is 767 g/mol. The number of esters is 1. The minimum Gasteiger partial charge on any atom is -0.460 e. The van der Waals surface area contributed by atoms with Gasteiger partial charge >= 0.3 is 12.1 Å². The average Bonchev–Trinajstić information content (AvgIpc) is 3.66.